The zero-order valence-corrected chi connectivity index (χ0v) is 6.47. The lowest BCUT2D eigenvalue weighted by atomic mass is 9.99. The van der Waals surface area contributed by atoms with Crippen molar-refractivity contribution >= 4 is 11.9 Å². The van der Waals surface area contributed by atoms with Gasteiger partial charge < -0.3 is 21.1 Å². The maximum atomic E-state index is 10.3. The second-order valence-electron chi connectivity index (χ2n) is 2.48. The van der Waals surface area contributed by atoms with Gasteiger partial charge >= 0.3 is 11.9 Å². The number of carboxylic acid groups (broad SMARTS) is 2. The van der Waals surface area contributed by atoms with E-state index in [1.165, 1.54) is 6.92 Å². The Hall–Kier alpha value is -1.14. The van der Waals surface area contributed by atoms with Crippen LogP contribution in [0.1, 0.15) is 6.92 Å². The number of aliphatic carboxylic acids is 2. The predicted molar refractivity (Wildman–Crippen MR) is 38.4 cm³/mol. The number of hydrogen-bond donors (Lipinski definition) is 4. The SMILES string of the molecule is CC(C(=O)O)C(O)C(N)C(=O)O. The van der Waals surface area contributed by atoms with Gasteiger partial charge in [-0.3, -0.25) is 9.59 Å². The minimum atomic E-state index is -1.57. The van der Waals surface area contributed by atoms with E-state index >= 15 is 0 Å². The van der Waals surface area contributed by atoms with Crippen LogP contribution in [0.5, 0.6) is 0 Å². The summed E-state index contributed by atoms with van der Waals surface area (Å²) in [7, 11) is 0. The van der Waals surface area contributed by atoms with E-state index < -0.39 is 30.0 Å². The molecule has 0 saturated carbocycles. The Labute approximate surface area is 68.6 Å². The Morgan fingerprint density at radius 1 is 1.25 bits per heavy atom. The second kappa shape index (κ2) is 4.03. The van der Waals surface area contributed by atoms with Crippen molar-refractivity contribution in [3.05, 3.63) is 0 Å². The first-order chi connectivity index (χ1) is 5.37. The lowest BCUT2D eigenvalue weighted by molar-refractivity contribution is -0.149. The number of rotatable bonds is 4. The van der Waals surface area contributed by atoms with E-state index in [0.29, 0.717) is 0 Å². The maximum Gasteiger partial charge on any atom is 0.323 e. The smallest absolute Gasteiger partial charge is 0.323 e. The molecule has 0 amide bonds. The molecule has 0 fully saturated rings. The van der Waals surface area contributed by atoms with Crippen molar-refractivity contribution in [1.29, 1.82) is 0 Å². The summed E-state index contributed by atoms with van der Waals surface area (Å²) < 4.78 is 0. The summed E-state index contributed by atoms with van der Waals surface area (Å²) in [4.78, 5) is 20.4. The highest BCUT2D eigenvalue weighted by atomic mass is 16.4. The van der Waals surface area contributed by atoms with Gasteiger partial charge in [-0.2, -0.15) is 0 Å². The second-order valence-corrected chi connectivity index (χ2v) is 2.48. The van der Waals surface area contributed by atoms with Crippen molar-refractivity contribution in [2.24, 2.45) is 11.7 Å². The van der Waals surface area contributed by atoms with E-state index in [0.717, 1.165) is 0 Å². The van der Waals surface area contributed by atoms with E-state index in [9.17, 15) is 9.59 Å². The highest BCUT2D eigenvalue weighted by Gasteiger charge is 2.31. The van der Waals surface area contributed by atoms with E-state index in [-0.39, 0.29) is 0 Å². The summed E-state index contributed by atoms with van der Waals surface area (Å²) in [6, 6.07) is -1.56. The van der Waals surface area contributed by atoms with Crippen LogP contribution in [0.2, 0.25) is 0 Å². The molecular weight excluding hydrogens is 166 g/mol. The molecule has 12 heavy (non-hydrogen) atoms. The van der Waals surface area contributed by atoms with Crippen LogP contribution >= 0.6 is 0 Å². The third kappa shape index (κ3) is 2.48. The number of hydrogen-bond acceptors (Lipinski definition) is 4. The van der Waals surface area contributed by atoms with E-state index in [2.05, 4.69) is 0 Å². The molecule has 0 aromatic heterocycles. The van der Waals surface area contributed by atoms with Crippen molar-refractivity contribution in [3.8, 4) is 0 Å². The molecule has 0 spiro atoms. The molecule has 5 N–H and O–H groups in total. The van der Waals surface area contributed by atoms with Crippen LogP contribution in [-0.2, 0) is 9.59 Å². The molecule has 0 aromatic carbocycles. The summed E-state index contributed by atoms with van der Waals surface area (Å²) >= 11 is 0. The van der Waals surface area contributed by atoms with E-state index in [4.69, 9.17) is 21.1 Å². The number of carboxylic acids is 2. The average Bonchev–Trinajstić information content (AvgIpc) is 2.00. The molecule has 3 unspecified atom stereocenters. The first kappa shape index (κ1) is 10.9. The molecule has 0 saturated heterocycles. The Bertz CT molecular complexity index is 172. The van der Waals surface area contributed by atoms with Gasteiger partial charge in [-0.25, -0.2) is 0 Å². The fraction of sp³-hybridized carbons (Fsp3) is 0.667. The molecule has 0 heterocycles. The summed E-state index contributed by atoms with van der Waals surface area (Å²) in [6.07, 6.45) is -1.57. The van der Waals surface area contributed by atoms with Gasteiger partial charge in [0.25, 0.3) is 0 Å². The molecule has 0 radical (unpaired) electrons. The standard InChI is InChI=1S/C6H11NO5/c1-2(5(9)10)4(8)3(7)6(11)12/h2-4,8H,7H2,1H3,(H,9,10)(H,11,12). The Morgan fingerprint density at radius 3 is 1.92 bits per heavy atom. The highest BCUT2D eigenvalue weighted by molar-refractivity contribution is 5.77. The number of aliphatic hydroxyl groups excluding tert-OH is 1. The van der Waals surface area contributed by atoms with Gasteiger partial charge in [0.15, 0.2) is 0 Å². The molecule has 0 aliphatic heterocycles. The van der Waals surface area contributed by atoms with Crippen LogP contribution in [0.25, 0.3) is 0 Å². The highest BCUT2D eigenvalue weighted by Crippen LogP contribution is 2.06. The molecule has 6 nitrogen and oxygen atoms in total. The van der Waals surface area contributed by atoms with Crippen LogP contribution in [0, 0.1) is 5.92 Å². The van der Waals surface area contributed by atoms with Crippen molar-refractivity contribution in [3.63, 3.8) is 0 Å². The fourth-order valence-corrected chi connectivity index (χ4v) is 0.603. The lowest BCUT2D eigenvalue weighted by Crippen LogP contribution is -2.47. The molecule has 0 aromatic rings. The van der Waals surface area contributed by atoms with Crippen molar-refractivity contribution in [2.75, 3.05) is 0 Å². The first-order valence-electron chi connectivity index (χ1n) is 3.27. The van der Waals surface area contributed by atoms with Gasteiger partial charge in [-0.1, -0.05) is 0 Å². The largest absolute Gasteiger partial charge is 0.481 e. The third-order valence-electron chi connectivity index (χ3n) is 1.55. The van der Waals surface area contributed by atoms with Crippen LogP contribution in [0.4, 0.5) is 0 Å². The van der Waals surface area contributed by atoms with Crippen molar-refractivity contribution in [2.45, 2.75) is 19.1 Å². The van der Waals surface area contributed by atoms with E-state index in [1.54, 1.807) is 0 Å². The minimum Gasteiger partial charge on any atom is -0.481 e. The van der Waals surface area contributed by atoms with Crippen LogP contribution in [0.15, 0.2) is 0 Å². The predicted octanol–water partition coefficient (Wildman–Crippen LogP) is -1.52. The summed E-state index contributed by atoms with van der Waals surface area (Å²) in [6.45, 7) is 1.19. The van der Waals surface area contributed by atoms with Gasteiger partial charge in [-0.15, -0.1) is 0 Å². The number of nitrogens with two attached hydrogens (primary N) is 1. The molecule has 70 valence electrons. The molecular formula is C6H11NO5. The van der Waals surface area contributed by atoms with Gasteiger partial charge in [-0.05, 0) is 6.92 Å². The molecule has 0 rings (SSSR count). The van der Waals surface area contributed by atoms with Gasteiger partial charge in [0.05, 0.1) is 12.0 Å². The average molecular weight is 177 g/mol. The van der Waals surface area contributed by atoms with Crippen LogP contribution in [0.3, 0.4) is 0 Å². The van der Waals surface area contributed by atoms with Crippen LogP contribution in [-0.4, -0.2) is 39.4 Å². The van der Waals surface area contributed by atoms with E-state index in [1.807, 2.05) is 0 Å². The maximum absolute atomic E-state index is 10.3. The number of carbonyl (C=O) groups is 2. The summed E-state index contributed by atoms with van der Waals surface area (Å²) in [5.41, 5.74) is 4.99. The molecule has 0 bridgehead atoms. The van der Waals surface area contributed by atoms with Gasteiger partial charge in [0.1, 0.15) is 6.04 Å². The van der Waals surface area contributed by atoms with Gasteiger partial charge in [0.2, 0.25) is 0 Å². The Balaban J connectivity index is 4.28. The monoisotopic (exact) mass is 177 g/mol. The molecule has 0 aliphatic carbocycles. The normalized spacial score (nSPS) is 17.9. The first-order valence-corrected chi connectivity index (χ1v) is 3.27. The van der Waals surface area contributed by atoms with Crippen molar-refractivity contribution < 1.29 is 24.9 Å². The summed E-state index contributed by atoms with van der Waals surface area (Å²) in [5, 5.41) is 25.7. The molecule has 6 heteroatoms. The molecule has 3 atom stereocenters. The van der Waals surface area contributed by atoms with Gasteiger partial charge in [0, 0.05) is 0 Å². The zero-order chi connectivity index (χ0) is 9.89. The lowest BCUT2D eigenvalue weighted by Gasteiger charge is -2.18. The topological polar surface area (TPSA) is 121 Å². The van der Waals surface area contributed by atoms with Crippen molar-refractivity contribution in [1.82, 2.24) is 0 Å². The minimum absolute atomic E-state index is 1.18. The van der Waals surface area contributed by atoms with Crippen LogP contribution < -0.4 is 5.73 Å². The zero-order valence-electron chi connectivity index (χ0n) is 6.47. The quantitative estimate of drug-likeness (QED) is 0.414. The Kier molecular flexibility index (Phi) is 3.65. The third-order valence-corrected chi connectivity index (χ3v) is 1.55. The Morgan fingerprint density at radius 2 is 1.67 bits per heavy atom. The molecule has 0 aliphatic rings. The fourth-order valence-electron chi connectivity index (χ4n) is 0.603. The number of aliphatic hydroxyl groups is 1. The summed E-state index contributed by atoms with van der Waals surface area (Å²) in [5.74, 6) is -3.88.